The smallest absolute Gasteiger partial charge is 0.143 e. The van der Waals surface area contributed by atoms with Crippen LogP contribution in [0.1, 0.15) is 139 Å². The van der Waals surface area contributed by atoms with Gasteiger partial charge in [-0.3, -0.25) is 0 Å². The van der Waals surface area contributed by atoms with E-state index >= 15 is 0 Å². The number of rotatable bonds is 0. The first kappa shape index (κ1) is 57.8. The molecule has 15 aromatic rings. The number of fused-ring (bicyclic) bond motifs is 17. The summed E-state index contributed by atoms with van der Waals surface area (Å²) in [5.41, 5.74) is 21.4. The molecular formula is C82H82O4. The fourth-order valence-corrected chi connectivity index (χ4v) is 14.1. The molecule has 0 aliphatic heterocycles. The molecule has 15 rings (SSSR count). The Morgan fingerprint density at radius 3 is 1.14 bits per heavy atom. The molecule has 0 saturated heterocycles. The van der Waals surface area contributed by atoms with Crippen LogP contribution in [0.3, 0.4) is 0 Å². The van der Waals surface area contributed by atoms with Crippen molar-refractivity contribution < 1.29 is 17.7 Å². The Labute approximate surface area is 506 Å². The summed E-state index contributed by atoms with van der Waals surface area (Å²) in [6.45, 7) is 40.0. The minimum Gasteiger partial charge on any atom is -0.456 e. The maximum absolute atomic E-state index is 6.40. The molecule has 0 unspecified atom stereocenters. The summed E-state index contributed by atoms with van der Waals surface area (Å²) in [4.78, 5) is 0. The van der Waals surface area contributed by atoms with Gasteiger partial charge in [0.05, 0.1) is 0 Å². The van der Waals surface area contributed by atoms with Crippen LogP contribution in [0.2, 0.25) is 0 Å². The lowest BCUT2D eigenvalue weighted by molar-refractivity contribution is 0.568. The van der Waals surface area contributed by atoms with Crippen molar-refractivity contribution >= 4 is 120 Å². The van der Waals surface area contributed by atoms with Gasteiger partial charge in [0.25, 0.3) is 0 Å². The predicted octanol–water partition coefficient (Wildman–Crippen LogP) is 24.8. The molecule has 0 saturated carbocycles. The minimum atomic E-state index is 0.0628. The van der Waals surface area contributed by atoms with E-state index in [4.69, 9.17) is 17.7 Å². The molecule has 4 heteroatoms. The van der Waals surface area contributed by atoms with Gasteiger partial charge in [-0.15, -0.1) is 0 Å². The van der Waals surface area contributed by atoms with E-state index in [1.54, 1.807) is 0 Å². The van der Waals surface area contributed by atoms with Crippen LogP contribution in [0.4, 0.5) is 0 Å². The van der Waals surface area contributed by atoms with Crippen molar-refractivity contribution in [2.45, 2.75) is 146 Å². The SMILES string of the molecule is Cc1cc(C)c2oc3c(C(C)(C)C)c(C)ccc3c2c1.Cc1ccc2c(oc3c4ccccc4ccc23)c1C(C)(C)C.Cc1ccc2c(oc3cc4ccccc4cc32)c1C(C)(C)C.Cc1ccc2c(oc3ccc4ccccc4c32)c1C(C)(C)C. The highest BCUT2D eigenvalue weighted by atomic mass is 16.3. The number of benzene rings is 11. The second-order valence-corrected chi connectivity index (χ2v) is 28.4. The maximum Gasteiger partial charge on any atom is 0.143 e. The highest BCUT2D eigenvalue weighted by Gasteiger charge is 2.28. The number of hydrogen-bond donors (Lipinski definition) is 0. The van der Waals surface area contributed by atoms with Gasteiger partial charge >= 0.3 is 0 Å². The molecule has 0 fully saturated rings. The Kier molecular flexibility index (Phi) is 14.2. The van der Waals surface area contributed by atoms with Crippen LogP contribution < -0.4 is 0 Å². The third-order valence-corrected chi connectivity index (χ3v) is 17.5. The number of aryl methyl sites for hydroxylation is 6. The van der Waals surface area contributed by atoms with Crippen molar-refractivity contribution in [3.8, 4) is 0 Å². The van der Waals surface area contributed by atoms with Gasteiger partial charge < -0.3 is 17.7 Å². The van der Waals surface area contributed by atoms with Crippen LogP contribution in [0.5, 0.6) is 0 Å². The quantitative estimate of drug-likeness (QED) is 0.152. The molecule has 0 N–H and O–H groups in total. The fourth-order valence-electron chi connectivity index (χ4n) is 14.1. The average molecular weight is 1130 g/mol. The lowest BCUT2D eigenvalue weighted by Gasteiger charge is -2.21. The van der Waals surface area contributed by atoms with Gasteiger partial charge in [0, 0.05) is 70.7 Å². The van der Waals surface area contributed by atoms with Crippen LogP contribution in [0, 0.1) is 41.5 Å². The summed E-state index contributed by atoms with van der Waals surface area (Å²) in [5, 5.41) is 17.2. The fraction of sp³-hybridized carbons (Fsp3) is 0.268. The standard InChI is InChI=1S/3C21H20O.C19H22O/c1-13-9-11-17-16-12-10-14-7-5-6-8-15(14)19(16)22-20(17)18(13)21(2,3)4;1-13-9-11-16-18-15-8-6-5-7-14(15)10-12-17(18)22-20(16)19(13)21(2,3)4;1-13-9-10-16-17-11-14-7-5-6-8-15(14)12-18(17)22-20(16)19(13)21(2,3)4;1-11-9-13(3)17-15(10-11)14-8-7-12(2)16(18(14)20-17)19(4,5)6/h3*5-12H,1-4H3;7-10H,1-6H3. The van der Waals surface area contributed by atoms with Gasteiger partial charge in [-0.2, -0.15) is 0 Å². The Bertz CT molecular complexity index is 5100. The highest BCUT2D eigenvalue weighted by molar-refractivity contribution is 6.20. The molecule has 0 bridgehead atoms. The van der Waals surface area contributed by atoms with E-state index in [1.807, 2.05) is 0 Å². The molecule has 0 amide bonds. The molecule has 0 aliphatic rings. The molecule has 434 valence electrons. The molecule has 4 heterocycles. The van der Waals surface area contributed by atoms with Crippen molar-refractivity contribution in [1.29, 1.82) is 0 Å². The molecular weight excluding hydrogens is 1050 g/mol. The monoisotopic (exact) mass is 1130 g/mol. The van der Waals surface area contributed by atoms with Crippen molar-refractivity contribution in [1.82, 2.24) is 0 Å². The summed E-state index contributed by atoms with van der Waals surface area (Å²) in [7, 11) is 0. The lowest BCUT2D eigenvalue weighted by Crippen LogP contribution is -2.13. The third kappa shape index (κ3) is 10.2. The molecule has 0 spiro atoms. The van der Waals surface area contributed by atoms with Gasteiger partial charge in [0.15, 0.2) is 0 Å². The minimum absolute atomic E-state index is 0.0628. The van der Waals surface area contributed by atoms with E-state index in [1.165, 1.54) is 131 Å². The Morgan fingerprint density at radius 1 is 0.233 bits per heavy atom. The second-order valence-electron chi connectivity index (χ2n) is 28.4. The summed E-state index contributed by atoms with van der Waals surface area (Å²) in [6, 6.07) is 60.5. The van der Waals surface area contributed by atoms with E-state index < -0.39 is 0 Å². The van der Waals surface area contributed by atoms with Crippen molar-refractivity contribution in [3.05, 3.63) is 225 Å². The first-order chi connectivity index (χ1) is 40.7. The van der Waals surface area contributed by atoms with E-state index in [0.717, 1.165) is 44.7 Å². The summed E-state index contributed by atoms with van der Waals surface area (Å²) < 4.78 is 25.3. The topological polar surface area (TPSA) is 52.6 Å². The maximum atomic E-state index is 6.40. The summed E-state index contributed by atoms with van der Waals surface area (Å²) in [5.74, 6) is 0. The lowest BCUT2D eigenvalue weighted by atomic mass is 9.83. The molecule has 4 nitrogen and oxygen atoms in total. The predicted molar refractivity (Wildman–Crippen MR) is 371 cm³/mol. The second kappa shape index (κ2) is 21.1. The Hall–Kier alpha value is -8.60. The molecule has 0 aliphatic carbocycles. The Morgan fingerprint density at radius 2 is 0.605 bits per heavy atom. The van der Waals surface area contributed by atoms with Crippen LogP contribution >= 0.6 is 0 Å². The normalized spacial score (nSPS) is 12.5. The van der Waals surface area contributed by atoms with E-state index in [9.17, 15) is 0 Å². The van der Waals surface area contributed by atoms with E-state index in [0.29, 0.717) is 0 Å². The van der Waals surface area contributed by atoms with E-state index in [2.05, 4.69) is 294 Å². The van der Waals surface area contributed by atoms with E-state index in [-0.39, 0.29) is 21.7 Å². The van der Waals surface area contributed by atoms with Crippen molar-refractivity contribution in [3.63, 3.8) is 0 Å². The van der Waals surface area contributed by atoms with Gasteiger partial charge in [-0.1, -0.05) is 223 Å². The molecule has 86 heavy (non-hydrogen) atoms. The van der Waals surface area contributed by atoms with Gasteiger partial charge in [0.1, 0.15) is 44.7 Å². The zero-order chi connectivity index (χ0) is 61.1. The van der Waals surface area contributed by atoms with Crippen molar-refractivity contribution in [2.24, 2.45) is 0 Å². The first-order valence-corrected chi connectivity index (χ1v) is 30.6. The van der Waals surface area contributed by atoms with Crippen molar-refractivity contribution in [2.75, 3.05) is 0 Å². The zero-order valence-electron chi connectivity index (χ0n) is 53.8. The molecule has 0 atom stereocenters. The van der Waals surface area contributed by atoms with Gasteiger partial charge in [-0.25, -0.2) is 0 Å². The van der Waals surface area contributed by atoms with Crippen LogP contribution in [0.15, 0.2) is 188 Å². The number of furan rings is 4. The van der Waals surface area contributed by atoms with Crippen LogP contribution in [0.25, 0.3) is 120 Å². The van der Waals surface area contributed by atoms with Crippen LogP contribution in [-0.2, 0) is 21.7 Å². The molecule has 0 radical (unpaired) electrons. The summed E-state index contributed by atoms with van der Waals surface area (Å²) >= 11 is 0. The molecule has 4 aromatic heterocycles. The Balaban J connectivity index is 0.000000112. The summed E-state index contributed by atoms with van der Waals surface area (Å²) in [6.07, 6.45) is 0. The van der Waals surface area contributed by atoms with Gasteiger partial charge in [0.2, 0.25) is 0 Å². The first-order valence-electron chi connectivity index (χ1n) is 30.6. The van der Waals surface area contributed by atoms with Gasteiger partial charge in [-0.05, 0) is 154 Å². The number of hydrogen-bond acceptors (Lipinski definition) is 4. The highest BCUT2D eigenvalue weighted by Crippen LogP contribution is 2.45. The molecule has 11 aromatic carbocycles. The average Bonchev–Trinajstić information content (AvgIpc) is 1.66. The largest absolute Gasteiger partial charge is 0.456 e. The van der Waals surface area contributed by atoms with Crippen LogP contribution in [-0.4, -0.2) is 0 Å². The third-order valence-electron chi connectivity index (χ3n) is 17.5. The zero-order valence-corrected chi connectivity index (χ0v) is 53.8.